The van der Waals surface area contributed by atoms with Crippen molar-refractivity contribution in [1.82, 2.24) is 19.5 Å². The summed E-state index contributed by atoms with van der Waals surface area (Å²) in [5, 5.41) is -0.0798. The number of aromatic amines is 1. The predicted molar refractivity (Wildman–Crippen MR) is 160 cm³/mol. The van der Waals surface area contributed by atoms with Crippen molar-refractivity contribution in [1.29, 1.82) is 0 Å². The van der Waals surface area contributed by atoms with Crippen LogP contribution in [0.15, 0.2) is 47.5 Å². The van der Waals surface area contributed by atoms with E-state index in [9.17, 15) is 9.18 Å². The minimum absolute atomic E-state index is 0.0121. The molecule has 7 nitrogen and oxygen atoms in total. The zero-order valence-corrected chi connectivity index (χ0v) is 25.7. The van der Waals surface area contributed by atoms with Crippen LogP contribution in [0.2, 0.25) is 23.2 Å². The van der Waals surface area contributed by atoms with Crippen LogP contribution in [-0.2, 0) is 11.0 Å². The molecule has 0 spiro atoms. The highest BCUT2D eigenvalue weighted by Gasteiger charge is 2.37. The van der Waals surface area contributed by atoms with Crippen LogP contribution in [0.4, 0.5) is 14.5 Å². The number of halogens is 3. The van der Waals surface area contributed by atoms with E-state index in [0.29, 0.717) is 29.1 Å². The standard InChI is InChI=1S/C30H34ClF2N5O2Si/c1-16-11-24(38-23(16)12-17(13-25(38)39)26-20(34)8-7-19(31)28(26)33)29-36-14-21(37-29)18-9-10-35-22(27(18)32)15-40-41(5,6)30(2,3)4/h7-10,12-14,16,24H,11,15,34H2,1-6H3,(H,36,37). The maximum absolute atomic E-state index is 15.6. The number of benzene rings is 1. The van der Waals surface area contributed by atoms with Crippen LogP contribution >= 0.6 is 11.6 Å². The SMILES string of the molecule is CC1CC(c2ncc(-c3ccnc(CO[Si](C)(C)C(C)(C)C)c3F)[nH]2)n2c1cc(-c1c(N)ccc(Cl)c1F)cc2=O. The predicted octanol–water partition coefficient (Wildman–Crippen LogP) is 7.43. The molecule has 0 radical (unpaired) electrons. The second-order valence-electron chi connectivity index (χ2n) is 12.2. The summed E-state index contributed by atoms with van der Waals surface area (Å²) in [5.41, 5.74) is 8.18. The number of nitrogens with zero attached hydrogens (tertiary/aromatic N) is 3. The van der Waals surface area contributed by atoms with Gasteiger partial charge >= 0.3 is 0 Å². The minimum atomic E-state index is -2.10. The van der Waals surface area contributed by atoms with Gasteiger partial charge in [0.25, 0.3) is 5.56 Å². The number of anilines is 1. The Labute approximate surface area is 243 Å². The normalized spacial score (nSPS) is 17.2. The minimum Gasteiger partial charge on any atom is -0.411 e. The molecule has 41 heavy (non-hydrogen) atoms. The molecule has 1 aliphatic heterocycles. The Bertz CT molecular complexity index is 1700. The van der Waals surface area contributed by atoms with Gasteiger partial charge in [-0.1, -0.05) is 39.3 Å². The fourth-order valence-corrected chi connectivity index (χ4v) is 6.10. The summed E-state index contributed by atoms with van der Waals surface area (Å²) < 4.78 is 38.3. The van der Waals surface area contributed by atoms with Gasteiger partial charge in [0.1, 0.15) is 11.5 Å². The van der Waals surface area contributed by atoms with Crippen molar-refractivity contribution >= 4 is 25.6 Å². The van der Waals surface area contributed by atoms with Crippen molar-refractivity contribution in [2.45, 2.75) is 70.8 Å². The van der Waals surface area contributed by atoms with E-state index >= 15 is 4.39 Å². The van der Waals surface area contributed by atoms with Crippen LogP contribution in [0.25, 0.3) is 22.4 Å². The number of hydrogen-bond donors (Lipinski definition) is 2. The molecule has 216 valence electrons. The molecule has 11 heteroatoms. The molecule has 0 fully saturated rings. The first-order valence-electron chi connectivity index (χ1n) is 13.5. The van der Waals surface area contributed by atoms with E-state index in [1.165, 1.54) is 18.2 Å². The number of nitrogens with one attached hydrogen (secondary N) is 1. The highest BCUT2D eigenvalue weighted by atomic mass is 35.5. The number of nitrogen functional groups attached to an aromatic ring is 1. The molecular weight excluding hydrogens is 564 g/mol. The van der Waals surface area contributed by atoms with Gasteiger partial charge in [0.15, 0.2) is 20.0 Å². The lowest BCUT2D eigenvalue weighted by atomic mass is 9.99. The number of imidazole rings is 1. The molecule has 3 aromatic heterocycles. The molecule has 2 atom stereocenters. The molecule has 4 heterocycles. The van der Waals surface area contributed by atoms with Crippen molar-refractivity contribution in [2.24, 2.45) is 0 Å². The molecule has 0 saturated carbocycles. The third-order valence-electron chi connectivity index (χ3n) is 8.45. The maximum Gasteiger partial charge on any atom is 0.252 e. The fourth-order valence-electron chi connectivity index (χ4n) is 5.02. The summed E-state index contributed by atoms with van der Waals surface area (Å²) in [6.07, 6.45) is 3.71. The number of hydrogen-bond acceptors (Lipinski definition) is 5. The molecule has 0 bridgehead atoms. The van der Waals surface area contributed by atoms with Crippen molar-refractivity contribution in [3.05, 3.63) is 86.9 Å². The number of rotatable bonds is 6. The summed E-state index contributed by atoms with van der Waals surface area (Å²) in [6, 6.07) is 7.24. The Morgan fingerprint density at radius 3 is 2.61 bits per heavy atom. The van der Waals surface area contributed by atoms with Gasteiger partial charge in [-0.15, -0.1) is 0 Å². The first kappa shape index (κ1) is 29.2. The van der Waals surface area contributed by atoms with Gasteiger partial charge < -0.3 is 19.7 Å². The number of aromatic nitrogens is 4. The molecule has 0 amide bonds. The quantitative estimate of drug-likeness (QED) is 0.178. The molecule has 1 aromatic carbocycles. The van der Waals surface area contributed by atoms with Crippen LogP contribution in [0.3, 0.4) is 0 Å². The van der Waals surface area contributed by atoms with Crippen LogP contribution in [0, 0.1) is 11.6 Å². The van der Waals surface area contributed by atoms with E-state index in [1.807, 2.05) is 6.92 Å². The molecule has 1 aliphatic rings. The summed E-state index contributed by atoms with van der Waals surface area (Å²) >= 11 is 5.99. The Morgan fingerprint density at radius 2 is 1.90 bits per heavy atom. The highest BCUT2D eigenvalue weighted by Crippen LogP contribution is 2.41. The van der Waals surface area contributed by atoms with Crippen molar-refractivity contribution in [3.63, 3.8) is 0 Å². The smallest absolute Gasteiger partial charge is 0.252 e. The second kappa shape index (κ2) is 10.5. The van der Waals surface area contributed by atoms with Gasteiger partial charge in [-0.25, -0.2) is 13.8 Å². The molecule has 4 aromatic rings. The fraction of sp³-hybridized carbons (Fsp3) is 0.367. The van der Waals surface area contributed by atoms with Gasteiger partial charge in [0.05, 0.1) is 29.6 Å². The molecule has 3 N–H and O–H groups in total. The third-order valence-corrected chi connectivity index (χ3v) is 13.2. The van der Waals surface area contributed by atoms with E-state index in [-0.39, 0.29) is 45.1 Å². The van der Waals surface area contributed by atoms with Crippen molar-refractivity contribution in [3.8, 4) is 22.4 Å². The second-order valence-corrected chi connectivity index (χ2v) is 17.4. The third kappa shape index (κ3) is 5.24. The van der Waals surface area contributed by atoms with E-state index in [1.54, 1.807) is 29.1 Å². The largest absolute Gasteiger partial charge is 0.411 e. The topological polar surface area (TPSA) is 98.8 Å². The molecule has 0 aliphatic carbocycles. The summed E-state index contributed by atoms with van der Waals surface area (Å²) in [4.78, 5) is 25.4. The van der Waals surface area contributed by atoms with E-state index in [4.69, 9.17) is 21.8 Å². The maximum atomic E-state index is 15.6. The number of nitrogens with two attached hydrogens (primary N) is 1. The molecular formula is C30H34ClF2N5O2Si. The van der Waals surface area contributed by atoms with Gasteiger partial charge in [-0.05, 0) is 60.3 Å². The summed E-state index contributed by atoms with van der Waals surface area (Å²) in [6.45, 7) is 12.7. The van der Waals surface area contributed by atoms with Crippen molar-refractivity contribution in [2.75, 3.05) is 5.73 Å². The number of pyridine rings is 2. The van der Waals surface area contributed by atoms with Crippen LogP contribution in [0.5, 0.6) is 0 Å². The van der Waals surface area contributed by atoms with Gasteiger partial charge in [0, 0.05) is 34.8 Å². The lowest BCUT2D eigenvalue weighted by Gasteiger charge is -2.36. The first-order valence-corrected chi connectivity index (χ1v) is 16.8. The Balaban J connectivity index is 1.46. The van der Waals surface area contributed by atoms with Crippen LogP contribution < -0.4 is 11.3 Å². The number of H-pyrrole nitrogens is 1. The molecule has 5 rings (SSSR count). The van der Waals surface area contributed by atoms with Gasteiger partial charge in [-0.3, -0.25) is 9.78 Å². The Hall–Kier alpha value is -3.34. The van der Waals surface area contributed by atoms with Crippen molar-refractivity contribution < 1.29 is 13.2 Å². The molecule has 2 unspecified atom stereocenters. The first-order chi connectivity index (χ1) is 19.2. The summed E-state index contributed by atoms with van der Waals surface area (Å²) in [5.74, 6) is -0.627. The highest BCUT2D eigenvalue weighted by molar-refractivity contribution is 6.74. The van der Waals surface area contributed by atoms with Crippen LogP contribution in [-0.4, -0.2) is 27.8 Å². The average molecular weight is 598 g/mol. The van der Waals surface area contributed by atoms with E-state index < -0.39 is 26.0 Å². The molecule has 0 saturated heterocycles. The lowest BCUT2D eigenvalue weighted by molar-refractivity contribution is 0.266. The monoisotopic (exact) mass is 597 g/mol. The Kier molecular flexibility index (Phi) is 7.46. The van der Waals surface area contributed by atoms with Gasteiger partial charge in [0.2, 0.25) is 0 Å². The van der Waals surface area contributed by atoms with Crippen LogP contribution in [0.1, 0.15) is 63.3 Å². The number of fused-ring (bicyclic) bond motifs is 1. The van der Waals surface area contributed by atoms with Gasteiger partial charge in [-0.2, -0.15) is 0 Å². The van der Waals surface area contributed by atoms with E-state index in [0.717, 1.165) is 5.69 Å². The lowest BCUT2D eigenvalue weighted by Crippen LogP contribution is -2.40. The van der Waals surface area contributed by atoms with E-state index in [2.05, 4.69) is 48.8 Å². The summed E-state index contributed by atoms with van der Waals surface area (Å²) in [7, 11) is -2.10. The Morgan fingerprint density at radius 1 is 1.17 bits per heavy atom. The zero-order valence-electron chi connectivity index (χ0n) is 24.0. The zero-order chi connectivity index (χ0) is 29.9. The average Bonchev–Trinajstić information content (AvgIpc) is 3.50.